The molecule has 0 saturated carbocycles. The molecule has 4 aliphatic rings. The molecule has 2 bridgehead atoms. The number of likely N-dealkylation sites (tertiary alicyclic amines) is 1. The Morgan fingerprint density at radius 3 is 2.96 bits per heavy atom. The van der Waals surface area contributed by atoms with Gasteiger partial charge in [-0.2, -0.15) is 0 Å². The maximum absolute atomic E-state index is 13.1. The van der Waals surface area contributed by atoms with E-state index in [-0.39, 0.29) is 30.4 Å². The maximum atomic E-state index is 13.1. The molecule has 3 fully saturated rings. The lowest BCUT2D eigenvalue weighted by Gasteiger charge is -2.52. The molecule has 5 rings (SSSR count). The van der Waals surface area contributed by atoms with Crippen molar-refractivity contribution in [1.29, 1.82) is 0 Å². The van der Waals surface area contributed by atoms with Gasteiger partial charge in [0.05, 0.1) is 5.69 Å². The molecule has 4 heterocycles. The molecule has 7 nitrogen and oxygen atoms in total. The number of fused-ring (bicyclic) bond motifs is 5. The third-order valence-corrected chi connectivity index (χ3v) is 6.33. The highest BCUT2D eigenvalue weighted by molar-refractivity contribution is 6.00. The van der Waals surface area contributed by atoms with E-state index in [4.69, 9.17) is 4.74 Å². The minimum absolute atomic E-state index is 0.00634. The van der Waals surface area contributed by atoms with Crippen LogP contribution in [0.3, 0.4) is 0 Å². The number of hydrogen-bond donors (Lipinski definition) is 1. The van der Waals surface area contributed by atoms with Crippen molar-refractivity contribution in [2.75, 3.05) is 31.6 Å². The van der Waals surface area contributed by atoms with Crippen molar-refractivity contribution in [3.05, 3.63) is 23.8 Å². The van der Waals surface area contributed by atoms with Crippen LogP contribution < -0.4 is 10.1 Å². The summed E-state index contributed by atoms with van der Waals surface area (Å²) >= 11 is 0. The zero-order chi connectivity index (χ0) is 18.5. The molecule has 1 aromatic carbocycles. The number of amides is 3. The third kappa shape index (κ3) is 2.85. The Labute approximate surface area is 157 Å². The summed E-state index contributed by atoms with van der Waals surface area (Å²) in [6.45, 7) is 2.17. The molecule has 7 heteroatoms. The van der Waals surface area contributed by atoms with Crippen molar-refractivity contribution in [1.82, 2.24) is 9.80 Å². The van der Waals surface area contributed by atoms with Gasteiger partial charge < -0.3 is 19.9 Å². The van der Waals surface area contributed by atoms with Gasteiger partial charge in [-0.3, -0.25) is 14.4 Å². The Morgan fingerprint density at radius 1 is 1.19 bits per heavy atom. The van der Waals surface area contributed by atoms with Crippen LogP contribution in [0.25, 0.3) is 0 Å². The third-order valence-electron chi connectivity index (χ3n) is 6.33. The summed E-state index contributed by atoms with van der Waals surface area (Å²) in [5.41, 5.74) is 1.12. The summed E-state index contributed by atoms with van der Waals surface area (Å²) < 4.78 is 5.37. The number of carbonyl (C=O) groups is 3. The molecule has 3 unspecified atom stereocenters. The van der Waals surface area contributed by atoms with E-state index < -0.39 is 0 Å². The molecule has 0 aromatic heterocycles. The lowest BCUT2D eigenvalue weighted by atomic mass is 9.76. The van der Waals surface area contributed by atoms with Crippen molar-refractivity contribution in [2.24, 2.45) is 11.8 Å². The second-order valence-corrected chi connectivity index (χ2v) is 8.13. The van der Waals surface area contributed by atoms with Crippen LogP contribution in [-0.2, 0) is 9.59 Å². The van der Waals surface area contributed by atoms with Crippen LogP contribution in [0.15, 0.2) is 18.2 Å². The molecular weight excluding hydrogens is 346 g/mol. The van der Waals surface area contributed by atoms with Crippen LogP contribution >= 0.6 is 0 Å². The Morgan fingerprint density at radius 2 is 2.07 bits per heavy atom. The fourth-order valence-electron chi connectivity index (χ4n) is 5.17. The van der Waals surface area contributed by atoms with Gasteiger partial charge in [0.1, 0.15) is 5.75 Å². The maximum Gasteiger partial charge on any atom is 0.262 e. The van der Waals surface area contributed by atoms with Gasteiger partial charge in [-0.15, -0.1) is 0 Å². The van der Waals surface area contributed by atoms with E-state index in [0.29, 0.717) is 48.3 Å². The lowest BCUT2D eigenvalue weighted by molar-refractivity contribution is -0.144. The SMILES string of the molecule is O=C1COc2ccc(C(=O)N3CC4CC(C3)C3CCCC(=O)N3C4)cc2N1. The first-order valence-electron chi connectivity index (χ1n) is 9.74. The lowest BCUT2D eigenvalue weighted by Crippen LogP contribution is -2.61. The summed E-state index contributed by atoms with van der Waals surface area (Å²) in [5.74, 6) is 1.38. The summed E-state index contributed by atoms with van der Waals surface area (Å²) in [4.78, 5) is 40.9. The zero-order valence-corrected chi connectivity index (χ0v) is 15.1. The van der Waals surface area contributed by atoms with Gasteiger partial charge >= 0.3 is 0 Å². The highest BCUT2D eigenvalue weighted by atomic mass is 16.5. The summed E-state index contributed by atoms with van der Waals surface area (Å²) in [7, 11) is 0. The number of nitrogens with one attached hydrogen (secondary N) is 1. The van der Waals surface area contributed by atoms with Gasteiger partial charge in [-0.1, -0.05) is 0 Å². The highest BCUT2D eigenvalue weighted by Crippen LogP contribution is 2.38. The van der Waals surface area contributed by atoms with Crippen LogP contribution in [-0.4, -0.2) is 59.8 Å². The number of nitrogens with zero attached hydrogens (tertiary/aromatic N) is 2. The molecule has 4 aliphatic heterocycles. The van der Waals surface area contributed by atoms with Gasteiger partial charge in [-0.05, 0) is 49.3 Å². The molecule has 1 N–H and O–H groups in total. The van der Waals surface area contributed by atoms with Gasteiger partial charge in [0.15, 0.2) is 6.61 Å². The van der Waals surface area contributed by atoms with E-state index in [0.717, 1.165) is 25.8 Å². The molecular formula is C20H23N3O4. The average molecular weight is 369 g/mol. The van der Waals surface area contributed by atoms with Gasteiger partial charge in [0.25, 0.3) is 11.8 Å². The van der Waals surface area contributed by atoms with Crippen molar-refractivity contribution < 1.29 is 19.1 Å². The molecule has 27 heavy (non-hydrogen) atoms. The first-order valence-corrected chi connectivity index (χ1v) is 9.74. The van der Waals surface area contributed by atoms with Gasteiger partial charge in [-0.25, -0.2) is 0 Å². The highest BCUT2D eigenvalue weighted by Gasteiger charge is 2.44. The number of carbonyl (C=O) groups excluding carboxylic acids is 3. The van der Waals surface area contributed by atoms with E-state index in [1.54, 1.807) is 18.2 Å². The van der Waals surface area contributed by atoms with Crippen LogP contribution in [0.1, 0.15) is 36.0 Å². The fourth-order valence-corrected chi connectivity index (χ4v) is 5.17. The number of anilines is 1. The van der Waals surface area contributed by atoms with Gasteiger partial charge in [0.2, 0.25) is 5.91 Å². The van der Waals surface area contributed by atoms with Crippen molar-refractivity contribution in [3.8, 4) is 5.75 Å². The monoisotopic (exact) mass is 369 g/mol. The second kappa shape index (κ2) is 6.25. The first kappa shape index (κ1) is 16.6. The molecule has 0 radical (unpaired) electrons. The zero-order valence-electron chi connectivity index (χ0n) is 15.1. The fraction of sp³-hybridized carbons (Fsp3) is 0.550. The molecule has 3 atom stereocenters. The van der Waals surface area contributed by atoms with Crippen LogP contribution in [0, 0.1) is 11.8 Å². The van der Waals surface area contributed by atoms with Crippen molar-refractivity contribution in [3.63, 3.8) is 0 Å². The van der Waals surface area contributed by atoms with E-state index in [2.05, 4.69) is 10.2 Å². The van der Waals surface area contributed by atoms with Crippen molar-refractivity contribution in [2.45, 2.75) is 31.7 Å². The largest absolute Gasteiger partial charge is 0.482 e. The Bertz CT molecular complexity index is 823. The number of benzene rings is 1. The van der Waals surface area contributed by atoms with Crippen LogP contribution in [0.5, 0.6) is 5.75 Å². The van der Waals surface area contributed by atoms with E-state index >= 15 is 0 Å². The molecule has 0 spiro atoms. The molecule has 3 saturated heterocycles. The Balaban J connectivity index is 1.35. The normalized spacial score (nSPS) is 29.4. The second-order valence-electron chi connectivity index (χ2n) is 8.13. The summed E-state index contributed by atoms with van der Waals surface area (Å²) in [5, 5.41) is 2.76. The number of rotatable bonds is 1. The molecule has 0 aliphatic carbocycles. The summed E-state index contributed by atoms with van der Waals surface area (Å²) in [6.07, 6.45) is 3.78. The minimum atomic E-state index is -0.207. The van der Waals surface area contributed by atoms with E-state index in [1.165, 1.54) is 0 Å². The number of ether oxygens (including phenoxy) is 1. The topological polar surface area (TPSA) is 79.0 Å². The quantitative estimate of drug-likeness (QED) is 0.814. The van der Waals surface area contributed by atoms with Crippen LogP contribution in [0.2, 0.25) is 0 Å². The predicted molar refractivity (Wildman–Crippen MR) is 97.4 cm³/mol. The first-order chi connectivity index (χ1) is 13.1. The standard InChI is InChI=1S/C20H23N3O4/c24-18-11-27-17-5-4-13(7-15(17)21-18)20(26)22-8-12-6-14(10-22)16-2-1-3-19(25)23(16)9-12/h4-5,7,12,14,16H,1-3,6,8-11H2,(H,21,24). The van der Waals surface area contributed by atoms with E-state index in [9.17, 15) is 14.4 Å². The van der Waals surface area contributed by atoms with Crippen LogP contribution in [0.4, 0.5) is 5.69 Å². The van der Waals surface area contributed by atoms with Gasteiger partial charge in [0, 0.05) is 37.7 Å². The molecule has 3 amide bonds. The van der Waals surface area contributed by atoms with Crippen molar-refractivity contribution >= 4 is 23.4 Å². The smallest absolute Gasteiger partial charge is 0.262 e. The molecule has 142 valence electrons. The molecule has 1 aromatic rings. The number of piperidine rings is 3. The summed E-state index contributed by atoms with van der Waals surface area (Å²) in [6, 6.07) is 5.50. The number of hydrogen-bond acceptors (Lipinski definition) is 4. The Kier molecular flexibility index (Phi) is 3.84. The predicted octanol–water partition coefficient (Wildman–Crippen LogP) is 1.49. The average Bonchev–Trinajstić information content (AvgIpc) is 2.67. The Hall–Kier alpha value is -2.57. The minimum Gasteiger partial charge on any atom is -0.482 e. The van der Waals surface area contributed by atoms with E-state index in [1.807, 2.05) is 4.90 Å².